The highest BCUT2D eigenvalue weighted by Gasteiger charge is 2.10. The molecule has 0 radical (unpaired) electrons. The topological polar surface area (TPSA) is 59.1 Å². The molecule has 1 aromatic heterocycles. The van der Waals surface area contributed by atoms with Gasteiger partial charge in [0.25, 0.3) is 0 Å². The van der Waals surface area contributed by atoms with Gasteiger partial charge in [-0.15, -0.1) is 11.3 Å². The molecule has 104 valence electrons. The zero-order chi connectivity index (χ0) is 14.5. The molecule has 0 atom stereocenters. The van der Waals surface area contributed by atoms with E-state index in [0.717, 1.165) is 10.4 Å². The van der Waals surface area contributed by atoms with Gasteiger partial charge < -0.3 is 5.32 Å². The minimum atomic E-state index is -0.181. The van der Waals surface area contributed by atoms with Crippen molar-refractivity contribution in [3.05, 3.63) is 46.5 Å². The Morgan fingerprint density at radius 1 is 1.15 bits per heavy atom. The van der Waals surface area contributed by atoms with Crippen molar-refractivity contribution in [2.45, 2.75) is 26.7 Å². The summed E-state index contributed by atoms with van der Waals surface area (Å²) in [4.78, 5) is 28.7. The fourth-order valence-corrected chi connectivity index (χ4v) is 2.39. The molecule has 1 amide bonds. The van der Waals surface area contributed by atoms with Crippen LogP contribution in [0.5, 0.6) is 0 Å². The Bertz CT molecular complexity index is 617. The van der Waals surface area contributed by atoms with Gasteiger partial charge in [-0.25, -0.2) is 4.98 Å². The minimum absolute atomic E-state index is 0.0181. The SMILES string of the molecule is Cc1ccc(C(=O)CCC(=O)Nc2ncc(C)s2)cc1. The van der Waals surface area contributed by atoms with E-state index < -0.39 is 0 Å². The van der Waals surface area contributed by atoms with E-state index in [1.165, 1.54) is 11.3 Å². The van der Waals surface area contributed by atoms with E-state index in [4.69, 9.17) is 0 Å². The summed E-state index contributed by atoms with van der Waals surface area (Å²) in [7, 11) is 0. The Hall–Kier alpha value is -2.01. The number of thiazole rings is 1. The Balaban J connectivity index is 1.84. The van der Waals surface area contributed by atoms with Gasteiger partial charge in [0.2, 0.25) is 5.91 Å². The highest BCUT2D eigenvalue weighted by atomic mass is 32.1. The van der Waals surface area contributed by atoms with Crippen molar-refractivity contribution in [2.24, 2.45) is 0 Å². The quantitative estimate of drug-likeness (QED) is 0.858. The van der Waals surface area contributed by atoms with E-state index in [-0.39, 0.29) is 24.5 Å². The van der Waals surface area contributed by atoms with Gasteiger partial charge in [0.15, 0.2) is 10.9 Å². The Morgan fingerprint density at radius 3 is 2.45 bits per heavy atom. The average Bonchev–Trinajstić information content (AvgIpc) is 2.82. The van der Waals surface area contributed by atoms with Crippen LogP contribution in [-0.4, -0.2) is 16.7 Å². The molecule has 1 aromatic carbocycles. The largest absolute Gasteiger partial charge is 0.302 e. The van der Waals surface area contributed by atoms with Crippen molar-refractivity contribution in [2.75, 3.05) is 5.32 Å². The van der Waals surface area contributed by atoms with E-state index in [9.17, 15) is 9.59 Å². The number of ketones is 1. The number of nitrogens with one attached hydrogen (secondary N) is 1. The van der Waals surface area contributed by atoms with Crippen LogP contribution in [0.15, 0.2) is 30.5 Å². The molecule has 1 heterocycles. The summed E-state index contributed by atoms with van der Waals surface area (Å²) in [5.74, 6) is -0.199. The number of carbonyl (C=O) groups excluding carboxylic acids is 2. The molecule has 0 aliphatic heterocycles. The van der Waals surface area contributed by atoms with Crippen LogP contribution in [-0.2, 0) is 4.79 Å². The molecule has 1 N–H and O–H groups in total. The third-order valence-corrected chi connectivity index (χ3v) is 3.65. The highest BCUT2D eigenvalue weighted by Crippen LogP contribution is 2.17. The molecule has 4 nitrogen and oxygen atoms in total. The highest BCUT2D eigenvalue weighted by molar-refractivity contribution is 7.15. The van der Waals surface area contributed by atoms with Crippen LogP contribution in [0.25, 0.3) is 0 Å². The molecule has 2 rings (SSSR count). The van der Waals surface area contributed by atoms with Gasteiger partial charge in [0.1, 0.15) is 0 Å². The van der Waals surface area contributed by atoms with Crippen LogP contribution in [0.3, 0.4) is 0 Å². The molecule has 0 fully saturated rings. The van der Waals surface area contributed by atoms with Gasteiger partial charge in [-0.1, -0.05) is 29.8 Å². The van der Waals surface area contributed by atoms with Crippen molar-refractivity contribution in [3.8, 4) is 0 Å². The molecule has 0 aliphatic rings. The molecule has 0 spiro atoms. The number of nitrogens with zero attached hydrogens (tertiary/aromatic N) is 1. The lowest BCUT2D eigenvalue weighted by Gasteiger charge is -2.02. The molecular formula is C15H16N2O2S. The second kappa shape index (κ2) is 6.43. The first kappa shape index (κ1) is 14.4. The minimum Gasteiger partial charge on any atom is -0.302 e. The first-order valence-corrected chi connectivity index (χ1v) is 7.18. The van der Waals surface area contributed by atoms with E-state index in [1.807, 2.05) is 26.0 Å². The summed E-state index contributed by atoms with van der Waals surface area (Å²) in [5.41, 5.74) is 1.76. The van der Waals surface area contributed by atoms with Crippen molar-refractivity contribution < 1.29 is 9.59 Å². The molecule has 2 aromatic rings. The molecule has 0 bridgehead atoms. The van der Waals surface area contributed by atoms with Crippen LogP contribution in [0, 0.1) is 13.8 Å². The van der Waals surface area contributed by atoms with Gasteiger partial charge >= 0.3 is 0 Å². The number of rotatable bonds is 5. The zero-order valence-corrected chi connectivity index (χ0v) is 12.3. The van der Waals surface area contributed by atoms with Gasteiger partial charge in [-0.3, -0.25) is 9.59 Å². The molecule has 20 heavy (non-hydrogen) atoms. The molecule has 5 heteroatoms. The summed E-state index contributed by atoms with van der Waals surface area (Å²) < 4.78 is 0. The Morgan fingerprint density at radius 2 is 1.85 bits per heavy atom. The van der Waals surface area contributed by atoms with Gasteiger partial charge in [-0.05, 0) is 13.8 Å². The monoisotopic (exact) mass is 288 g/mol. The maximum Gasteiger partial charge on any atom is 0.226 e. The van der Waals surface area contributed by atoms with Gasteiger partial charge in [0, 0.05) is 29.5 Å². The van der Waals surface area contributed by atoms with E-state index in [2.05, 4.69) is 10.3 Å². The van der Waals surface area contributed by atoms with Crippen LogP contribution in [0.4, 0.5) is 5.13 Å². The standard InChI is InChI=1S/C15H16N2O2S/c1-10-3-5-12(6-4-10)13(18)7-8-14(19)17-15-16-9-11(2)20-15/h3-6,9H,7-8H2,1-2H3,(H,16,17,19). The van der Waals surface area contributed by atoms with E-state index >= 15 is 0 Å². The summed E-state index contributed by atoms with van der Waals surface area (Å²) in [6, 6.07) is 7.37. The van der Waals surface area contributed by atoms with Crippen LogP contribution < -0.4 is 5.32 Å². The van der Waals surface area contributed by atoms with Gasteiger partial charge in [0.05, 0.1) is 0 Å². The third-order valence-electron chi connectivity index (χ3n) is 2.82. The van der Waals surface area contributed by atoms with Gasteiger partial charge in [-0.2, -0.15) is 0 Å². The van der Waals surface area contributed by atoms with E-state index in [1.54, 1.807) is 18.3 Å². The first-order valence-electron chi connectivity index (χ1n) is 6.37. The molecule has 0 saturated carbocycles. The Kier molecular flexibility index (Phi) is 4.63. The predicted octanol–water partition coefficient (Wildman–Crippen LogP) is 3.36. The summed E-state index contributed by atoms with van der Waals surface area (Å²) >= 11 is 1.42. The van der Waals surface area contributed by atoms with Crippen molar-refractivity contribution >= 4 is 28.2 Å². The number of hydrogen-bond donors (Lipinski definition) is 1. The molecule has 0 unspecified atom stereocenters. The second-order valence-corrected chi connectivity index (χ2v) is 5.85. The lowest BCUT2D eigenvalue weighted by molar-refractivity contribution is -0.116. The lowest BCUT2D eigenvalue weighted by Crippen LogP contribution is -2.13. The number of benzene rings is 1. The number of amides is 1. The lowest BCUT2D eigenvalue weighted by atomic mass is 10.1. The molecular weight excluding hydrogens is 272 g/mol. The molecule has 0 aliphatic carbocycles. The van der Waals surface area contributed by atoms with Crippen LogP contribution in [0.1, 0.15) is 33.6 Å². The summed E-state index contributed by atoms with van der Waals surface area (Å²) in [6.45, 7) is 3.89. The predicted molar refractivity (Wildman–Crippen MR) is 80.2 cm³/mol. The van der Waals surface area contributed by atoms with Crippen molar-refractivity contribution in [3.63, 3.8) is 0 Å². The maximum absolute atomic E-state index is 11.9. The molecule has 0 saturated heterocycles. The normalized spacial score (nSPS) is 10.3. The number of hydrogen-bond acceptors (Lipinski definition) is 4. The number of aromatic nitrogens is 1. The van der Waals surface area contributed by atoms with Crippen LogP contribution >= 0.6 is 11.3 Å². The zero-order valence-electron chi connectivity index (χ0n) is 11.5. The van der Waals surface area contributed by atoms with E-state index in [0.29, 0.717) is 10.7 Å². The fraction of sp³-hybridized carbons (Fsp3) is 0.267. The Labute approximate surface area is 121 Å². The number of carbonyl (C=O) groups is 2. The first-order chi connectivity index (χ1) is 9.54. The van der Waals surface area contributed by atoms with Crippen molar-refractivity contribution in [1.82, 2.24) is 4.98 Å². The second-order valence-electron chi connectivity index (χ2n) is 4.61. The van der Waals surface area contributed by atoms with Crippen LogP contribution in [0.2, 0.25) is 0 Å². The third kappa shape index (κ3) is 3.99. The summed E-state index contributed by atoms with van der Waals surface area (Å²) in [5, 5.41) is 3.27. The van der Waals surface area contributed by atoms with Crippen molar-refractivity contribution in [1.29, 1.82) is 0 Å². The average molecular weight is 288 g/mol. The number of anilines is 1. The number of Topliss-reactive ketones (excluding diaryl/α,β-unsaturated/α-hetero) is 1. The smallest absolute Gasteiger partial charge is 0.226 e. The fourth-order valence-electron chi connectivity index (χ4n) is 1.71. The summed E-state index contributed by atoms with van der Waals surface area (Å²) in [6.07, 6.45) is 2.09. The number of aryl methyl sites for hydroxylation is 2. The maximum atomic E-state index is 11.9.